The summed E-state index contributed by atoms with van der Waals surface area (Å²) in [5.74, 6) is 1.25. The van der Waals surface area contributed by atoms with E-state index < -0.39 is 0 Å². The number of hydrogen-bond donors (Lipinski definition) is 0. The summed E-state index contributed by atoms with van der Waals surface area (Å²) in [5, 5.41) is 0. The molecule has 1 saturated heterocycles. The van der Waals surface area contributed by atoms with Crippen molar-refractivity contribution >= 4 is 27.7 Å². The van der Waals surface area contributed by atoms with E-state index in [-0.39, 0.29) is 0 Å². The van der Waals surface area contributed by atoms with E-state index >= 15 is 0 Å². The summed E-state index contributed by atoms with van der Waals surface area (Å²) >= 11 is 5.65. The molecule has 0 unspecified atom stereocenters. The molecule has 1 heterocycles. The Morgan fingerprint density at radius 1 is 1.35 bits per heavy atom. The molecule has 0 bridgehead atoms. The van der Waals surface area contributed by atoms with Gasteiger partial charge in [0.05, 0.1) is 0 Å². The highest BCUT2D eigenvalue weighted by molar-refractivity contribution is 9.10. The van der Waals surface area contributed by atoms with Crippen molar-refractivity contribution < 1.29 is 0 Å². The molecule has 94 valence electrons. The lowest BCUT2D eigenvalue weighted by molar-refractivity contribution is 0.276. The Hall–Kier alpha value is 0.01000. The maximum atomic E-state index is 3.54. The highest BCUT2D eigenvalue weighted by atomic mass is 79.9. The predicted molar refractivity (Wildman–Crippen MR) is 80.6 cm³/mol. The van der Waals surface area contributed by atoms with Gasteiger partial charge in [-0.25, -0.2) is 0 Å². The molecule has 0 spiro atoms. The molecule has 1 aromatic carbocycles. The standard InChI is InChI=1S/C14H20BrNS/c1-14(2)6-7-16(8-9-17-14)11-12-4-3-5-13(15)10-12/h3-5,10H,6-9,11H2,1-2H3. The summed E-state index contributed by atoms with van der Waals surface area (Å²) in [6, 6.07) is 8.65. The third-order valence-electron chi connectivity index (χ3n) is 3.23. The van der Waals surface area contributed by atoms with Crippen LogP contribution in [0.15, 0.2) is 28.7 Å². The van der Waals surface area contributed by atoms with Gasteiger partial charge in [-0.1, -0.05) is 41.9 Å². The lowest BCUT2D eigenvalue weighted by Gasteiger charge is -2.22. The minimum absolute atomic E-state index is 0.450. The molecule has 1 aromatic rings. The van der Waals surface area contributed by atoms with Crippen LogP contribution in [0.4, 0.5) is 0 Å². The number of thioether (sulfide) groups is 1. The molecule has 3 heteroatoms. The smallest absolute Gasteiger partial charge is 0.0234 e. The Balaban J connectivity index is 1.95. The highest BCUT2D eigenvalue weighted by Gasteiger charge is 2.23. The first-order chi connectivity index (χ1) is 8.05. The summed E-state index contributed by atoms with van der Waals surface area (Å²) in [6.07, 6.45) is 1.28. The maximum Gasteiger partial charge on any atom is 0.0234 e. The van der Waals surface area contributed by atoms with Crippen molar-refractivity contribution in [3.05, 3.63) is 34.3 Å². The quantitative estimate of drug-likeness (QED) is 0.806. The second-order valence-corrected chi connectivity index (χ2v) is 7.98. The Bertz CT molecular complexity index is 378. The minimum atomic E-state index is 0.450. The summed E-state index contributed by atoms with van der Waals surface area (Å²) in [4.78, 5) is 2.57. The first kappa shape index (κ1) is 13.4. The summed E-state index contributed by atoms with van der Waals surface area (Å²) < 4.78 is 1.63. The monoisotopic (exact) mass is 313 g/mol. The zero-order valence-electron chi connectivity index (χ0n) is 10.6. The van der Waals surface area contributed by atoms with E-state index in [2.05, 4.69) is 70.7 Å². The molecule has 1 nitrogen and oxygen atoms in total. The first-order valence-corrected chi connectivity index (χ1v) is 7.94. The van der Waals surface area contributed by atoms with E-state index in [1.54, 1.807) is 0 Å². The predicted octanol–water partition coefficient (Wildman–Crippen LogP) is 4.17. The van der Waals surface area contributed by atoms with E-state index in [0.717, 1.165) is 6.54 Å². The van der Waals surface area contributed by atoms with Crippen molar-refractivity contribution in [1.29, 1.82) is 0 Å². The zero-order chi connectivity index (χ0) is 12.3. The van der Waals surface area contributed by atoms with Gasteiger partial charge < -0.3 is 0 Å². The van der Waals surface area contributed by atoms with Crippen LogP contribution in [-0.2, 0) is 6.54 Å². The van der Waals surface area contributed by atoms with Gasteiger partial charge in [0.1, 0.15) is 0 Å². The number of rotatable bonds is 2. The largest absolute Gasteiger partial charge is 0.298 e. The fourth-order valence-corrected chi connectivity index (χ4v) is 3.70. The van der Waals surface area contributed by atoms with E-state index in [1.165, 1.54) is 35.3 Å². The van der Waals surface area contributed by atoms with Crippen molar-refractivity contribution in [3.8, 4) is 0 Å². The lowest BCUT2D eigenvalue weighted by atomic mass is 10.1. The fourth-order valence-electron chi connectivity index (χ4n) is 2.11. The number of nitrogens with zero attached hydrogens (tertiary/aromatic N) is 1. The molecule has 0 amide bonds. The average Bonchev–Trinajstić information content (AvgIpc) is 2.41. The Morgan fingerprint density at radius 3 is 2.94 bits per heavy atom. The normalized spacial score (nSPS) is 21.1. The molecule has 17 heavy (non-hydrogen) atoms. The van der Waals surface area contributed by atoms with Crippen molar-refractivity contribution in [1.82, 2.24) is 4.90 Å². The highest BCUT2D eigenvalue weighted by Crippen LogP contribution is 2.31. The van der Waals surface area contributed by atoms with Crippen LogP contribution in [-0.4, -0.2) is 28.5 Å². The van der Waals surface area contributed by atoms with Crippen LogP contribution in [0.3, 0.4) is 0 Å². The van der Waals surface area contributed by atoms with Crippen molar-refractivity contribution in [2.75, 3.05) is 18.8 Å². The van der Waals surface area contributed by atoms with Gasteiger partial charge in [-0.05, 0) is 30.7 Å². The zero-order valence-corrected chi connectivity index (χ0v) is 13.0. The summed E-state index contributed by atoms with van der Waals surface area (Å²) in [6.45, 7) is 8.23. The van der Waals surface area contributed by atoms with E-state index in [1.807, 2.05) is 0 Å². The van der Waals surface area contributed by atoms with Crippen molar-refractivity contribution in [3.63, 3.8) is 0 Å². The Morgan fingerprint density at radius 2 is 2.18 bits per heavy atom. The molecule has 0 saturated carbocycles. The molecule has 0 N–H and O–H groups in total. The van der Waals surface area contributed by atoms with Crippen LogP contribution in [0.1, 0.15) is 25.8 Å². The number of hydrogen-bond acceptors (Lipinski definition) is 2. The molecule has 0 aromatic heterocycles. The van der Waals surface area contributed by atoms with Crippen LogP contribution in [0, 0.1) is 0 Å². The fraction of sp³-hybridized carbons (Fsp3) is 0.571. The second kappa shape index (κ2) is 5.77. The third-order valence-corrected chi connectivity index (χ3v) is 5.09. The van der Waals surface area contributed by atoms with Crippen molar-refractivity contribution in [2.45, 2.75) is 31.6 Å². The van der Waals surface area contributed by atoms with Crippen LogP contribution < -0.4 is 0 Å². The average molecular weight is 314 g/mol. The van der Waals surface area contributed by atoms with Crippen LogP contribution in [0.2, 0.25) is 0 Å². The van der Waals surface area contributed by atoms with Crippen LogP contribution >= 0.6 is 27.7 Å². The summed E-state index contributed by atoms with van der Waals surface area (Å²) in [7, 11) is 0. The molecule has 1 fully saturated rings. The second-order valence-electron chi connectivity index (χ2n) is 5.26. The van der Waals surface area contributed by atoms with Gasteiger partial charge >= 0.3 is 0 Å². The Kier molecular flexibility index (Phi) is 4.56. The topological polar surface area (TPSA) is 3.24 Å². The van der Waals surface area contributed by atoms with E-state index in [0.29, 0.717) is 4.75 Å². The van der Waals surface area contributed by atoms with E-state index in [4.69, 9.17) is 0 Å². The molecule has 2 rings (SSSR count). The third kappa shape index (κ3) is 4.31. The Labute approximate surface area is 117 Å². The van der Waals surface area contributed by atoms with Gasteiger partial charge in [0.15, 0.2) is 0 Å². The van der Waals surface area contributed by atoms with Gasteiger partial charge in [0.2, 0.25) is 0 Å². The van der Waals surface area contributed by atoms with Crippen LogP contribution in [0.5, 0.6) is 0 Å². The summed E-state index contributed by atoms with van der Waals surface area (Å²) in [5.41, 5.74) is 1.41. The van der Waals surface area contributed by atoms with Gasteiger partial charge in [0, 0.05) is 28.1 Å². The molecular weight excluding hydrogens is 294 g/mol. The minimum Gasteiger partial charge on any atom is -0.298 e. The first-order valence-electron chi connectivity index (χ1n) is 6.16. The molecule has 0 atom stereocenters. The lowest BCUT2D eigenvalue weighted by Crippen LogP contribution is -2.26. The van der Waals surface area contributed by atoms with Crippen molar-refractivity contribution in [2.24, 2.45) is 0 Å². The van der Waals surface area contributed by atoms with Gasteiger partial charge in [-0.3, -0.25) is 4.90 Å². The van der Waals surface area contributed by atoms with Gasteiger partial charge in [0.25, 0.3) is 0 Å². The molecular formula is C14H20BrNS. The maximum absolute atomic E-state index is 3.54. The van der Waals surface area contributed by atoms with Crippen LogP contribution in [0.25, 0.3) is 0 Å². The van der Waals surface area contributed by atoms with Gasteiger partial charge in [-0.2, -0.15) is 11.8 Å². The number of benzene rings is 1. The molecule has 0 aliphatic carbocycles. The molecule has 0 radical (unpaired) electrons. The molecule has 1 aliphatic rings. The van der Waals surface area contributed by atoms with Gasteiger partial charge in [-0.15, -0.1) is 0 Å². The number of halogens is 1. The van der Waals surface area contributed by atoms with E-state index in [9.17, 15) is 0 Å². The SMILES string of the molecule is CC1(C)CCN(Cc2cccc(Br)c2)CCS1. The molecule has 1 aliphatic heterocycles.